The molecule has 2 aromatic carbocycles. The number of nitrogens with two attached hydrogens (primary N) is 1. The minimum atomic E-state index is -0.251. The van der Waals surface area contributed by atoms with Crippen LogP contribution in [0, 0.1) is 5.82 Å². The Bertz CT molecular complexity index is 1060. The van der Waals surface area contributed by atoms with E-state index in [1.165, 1.54) is 0 Å². The summed E-state index contributed by atoms with van der Waals surface area (Å²) in [6.45, 7) is 3.96. The summed E-state index contributed by atoms with van der Waals surface area (Å²) in [7, 11) is 1.74. The third-order valence-electron chi connectivity index (χ3n) is 6.09. The maximum atomic E-state index is 14.8. The van der Waals surface area contributed by atoms with Crippen molar-refractivity contribution in [3.8, 4) is 11.1 Å². The van der Waals surface area contributed by atoms with Crippen LogP contribution in [0.15, 0.2) is 64.1 Å². The fourth-order valence-corrected chi connectivity index (χ4v) is 4.01. The van der Waals surface area contributed by atoms with Crippen LogP contribution in [0.3, 0.4) is 0 Å². The zero-order valence-electron chi connectivity index (χ0n) is 18.5. The van der Waals surface area contributed by atoms with Crippen molar-refractivity contribution in [2.75, 3.05) is 20.2 Å². The Balaban J connectivity index is 1.40. The summed E-state index contributed by atoms with van der Waals surface area (Å²) >= 11 is 0. The van der Waals surface area contributed by atoms with Crippen LogP contribution in [0.4, 0.5) is 4.39 Å². The van der Waals surface area contributed by atoms with Crippen LogP contribution in [-0.4, -0.2) is 42.3 Å². The van der Waals surface area contributed by atoms with Gasteiger partial charge in [-0.15, -0.1) is 0 Å². The first kappa shape index (κ1) is 22.0. The van der Waals surface area contributed by atoms with Gasteiger partial charge in [0.15, 0.2) is 11.7 Å². The number of aliphatic imine (C=N–C) groups is 1. The molecule has 0 spiro atoms. The molecule has 0 aliphatic carbocycles. The molecular weight excluding hydrogens is 407 g/mol. The van der Waals surface area contributed by atoms with Gasteiger partial charge in [-0.25, -0.2) is 9.38 Å². The number of ether oxygens (including phenoxy) is 1. The molecule has 1 aliphatic rings. The third-order valence-corrected chi connectivity index (χ3v) is 6.09. The number of likely N-dealkylation sites (tertiary alicyclic amines) is 1. The molecule has 2 N–H and O–H groups in total. The highest BCUT2D eigenvalue weighted by molar-refractivity contribution is 5.78. The molecule has 32 heavy (non-hydrogen) atoms. The van der Waals surface area contributed by atoms with E-state index in [0.29, 0.717) is 29.9 Å². The summed E-state index contributed by atoms with van der Waals surface area (Å²) in [5.74, 6) is 0.771. The van der Waals surface area contributed by atoms with Gasteiger partial charge in [0.1, 0.15) is 12.4 Å². The molecule has 168 valence electrons. The molecule has 0 saturated carbocycles. The highest BCUT2D eigenvalue weighted by Gasteiger charge is 2.20. The van der Waals surface area contributed by atoms with E-state index in [4.69, 9.17) is 15.0 Å². The molecule has 1 fully saturated rings. The second-order valence-corrected chi connectivity index (χ2v) is 8.14. The average molecular weight is 437 g/mol. The summed E-state index contributed by atoms with van der Waals surface area (Å²) in [5.41, 5.74) is 9.17. The molecule has 6 nitrogen and oxygen atoms in total. The third kappa shape index (κ3) is 4.99. The Morgan fingerprint density at radius 3 is 2.66 bits per heavy atom. The molecule has 7 heteroatoms. The molecular formula is C25H29FN4O2. The Morgan fingerprint density at radius 1 is 1.22 bits per heavy atom. The minimum Gasteiger partial charge on any atom is -0.381 e. The lowest BCUT2D eigenvalue weighted by molar-refractivity contribution is 0.0575. The van der Waals surface area contributed by atoms with E-state index in [9.17, 15) is 4.39 Å². The zero-order chi connectivity index (χ0) is 22.5. The number of hydrogen-bond acceptors (Lipinski definition) is 4. The Kier molecular flexibility index (Phi) is 6.85. The second kappa shape index (κ2) is 9.96. The van der Waals surface area contributed by atoms with Crippen molar-refractivity contribution in [3.05, 3.63) is 77.4 Å². The molecule has 1 unspecified atom stereocenters. The van der Waals surface area contributed by atoms with Crippen molar-refractivity contribution in [3.63, 3.8) is 0 Å². The highest BCUT2D eigenvalue weighted by atomic mass is 19.1. The van der Waals surface area contributed by atoms with Crippen molar-refractivity contribution in [1.82, 2.24) is 10.1 Å². The van der Waals surface area contributed by atoms with Crippen LogP contribution in [0.1, 0.15) is 42.7 Å². The molecule has 0 amide bonds. The molecule has 3 aromatic rings. The van der Waals surface area contributed by atoms with Crippen molar-refractivity contribution >= 4 is 5.96 Å². The quantitative estimate of drug-likeness (QED) is 0.453. The minimum absolute atomic E-state index is 0.110. The lowest BCUT2D eigenvalue weighted by Gasteiger charge is -2.31. The molecule has 0 bridgehead atoms. The monoisotopic (exact) mass is 436 g/mol. The Hall–Kier alpha value is -3.19. The van der Waals surface area contributed by atoms with E-state index in [2.05, 4.69) is 15.0 Å². The van der Waals surface area contributed by atoms with E-state index >= 15 is 0 Å². The molecule has 1 saturated heterocycles. The molecule has 1 aliphatic heterocycles. The molecule has 2 heterocycles. The van der Waals surface area contributed by atoms with Crippen LogP contribution in [0.5, 0.6) is 0 Å². The van der Waals surface area contributed by atoms with Crippen molar-refractivity contribution in [2.45, 2.75) is 38.3 Å². The van der Waals surface area contributed by atoms with E-state index in [-0.39, 0.29) is 11.7 Å². The fourth-order valence-electron chi connectivity index (χ4n) is 4.01. The molecule has 1 atom stereocenters. The van der Waals surface area contributed by atoms with E-state index in [1.807, 2.05) is 55.5 Å². The highest BCUT2D eigenvalue weighted by Crippen LogP contribution is 2.29. The van der Waals surface area contributed by atoms with Crippen LogP contribution in [0.2, 0.25) is 0 Å². The number of rotatable bonds is 6. The Labute approximate surface area is 187 Å². The first-order valence-electron chi connectivity index (χ1n) is 10.9. The number of halogens is 1. The number of hydrogen-bond donors (Lipinski definition) is 1. The standard InChI is InChI=1S/C25H29FN4O2/c1-17(19-8-9-22(23(26)14-19)18-6-4-3-5-7-18)24-15-21(32-29-24)16-28-25(27)30-12-10-20(31-2)11-13-30/h3-9,14-15,17,20H,10-13,16H2,1-2H3,(H2,27,28). The number of benzene rings is 2. The van der Waals surface area contributed by atoms with Crippen LogP contribution in [-0.2, 0) is 11.3 Å². The lowest BCUT2D eigenvalue weighted by atomic mass is 9.94. The van der Waals surface area contributed by atoms with E-state index in [0.717, 1.165) is 42.8 Å². The SMILES string of the molecule is COC1CCN(/C(N)=N/Cc2cc(C(C)c3ccc(-c4ccccc4)c(F)c3)no2)CC1. The average Bonchev–Trinajstić information content (AvgIpc) is 3.31. The van der Waals surface area contributed by atoms with Crippen LogP contribution >= 0.6 is 0 Å². The van der Waals surface area contributed by atoms with Crippen molar-refractivity contribution in [2.24, 2.45) is 10.7 Å². The molecule has 0 radical (unpaired) electrons. The number of aromatic nitrogens is 1. The number of guanidine groups is 1. The maximum Gasteiger partial charge on any atom is 0.191 e. The van der Waals surface area contributed by atoms with Gasteiger partial charge in [-0.1, -0.05) is 54.5 Å². The van der Waals surface area contributed by atoms with Crippen LogP contribution < -0.4 is 5.73 Å². The maximum absolute atomic E-state index is 14.8. The summed E-state index contributed by atoms with van der Waals surface area (Å²) in [6, 6.07) is 16.7. The lowest BCUT2D eigenvalue weighted by Crippen LogP contribution is -2.44. The smallest absolute Gasteiger partial charge is 0.191 e. The van der Waals surface area contributed by atoms with E-state index in [1.54, 1.807) is 13.2 Å². The summed E-state index contributed by atoms with van der Waals surface area (Å²) in [6.07, 6.45) is 2.18. The van der Waals surface area contributed by atoms with Gasteiger partial charge in [-0.05, 0) is 30.0 Å². The number of nitrogens with zero attached hydrogens (tertiary/aromatic N) is 3. The number of piperidine rings is 1. The summed E-state index contributed by atoms with van der Waals surface area (Å²) in [5, 5.41) is 4.18. The predicted molar refractivity (Wildman–Crippen MR) is 123 cm³/mol. The predicted octanol–water partition coefficient (Wildman–Crippen LogP) is 4.56. The topological polar surface area (TPSA) is 76.9 Å². The van der Waals surface area contributed by atoms with Gasteiger partial charge in [0.25, 0.3) is 0 Å². The first-order chi connectivity index (χ1) is 15.5. The summed E-state index contributed by atoms with van der Waals surface area (Å²) in [4.78, 5) is 6.52. The largest absolute Gasteiger partial charge is 0.381 e. The van der Waals surface area contributed by atoms with E-state index < -0.39 is 0 Å². The van der Waals surface area contributed by atoms with Gasteiger partial charge in [-0.2, -0.15) is 0 Å². The van der Waals surface area contributed by atoms with Gasteiger partial charge in [0.05, 0.1) is 11.8 Å². The first-order valence-corrected chi connectivity index (χ1v) is 10.9. The van der Waals surface area contributed by atoms with Gasteiger partial charge in [0.2, 0.25) is 0 Å². The van der Waals surface area contributed by atoms with Gasteiger partial charge < -0.3 is 19.9 Å². The second-order valence-electron chi connectivity index (χ2n) is 8.14. The van der Waals surface area contributed by atoms with Gasteiger partial charge in [-0.3, -0.25) is 0 Å². The Morgan fingerprint density at radius 2 is 1.97 bits per heavy atom. The molecule has 1 aromatic heterocycles. The summed E-state index contributed by atoms with van der Waals surface area (Å²) < 4.78 is 25.6. The fraction of sp³-hybridized carbons (Fsp3) is 0.360. The van der Waals surface area contributed by atoms with Gasteiger partial charge >= 0.3 is 0 Å². The zero-order valence-corrected chi connectivity index (χ0v) is 18.5. The van der Waals surface area contributed by atoms with Crippen molar-refractivity contribution in [1.29, 1.82) is 0 Å². The number of methoxy groups -OCH3 is 1. The van der Waals surface area contributed by atoms with Crippen LogP contribution in [0.25, 0.3) is 11.1 Å². The van der Waals surface area contributed by atoms with Crippen molar-refractivity contribution < 1.29 is 13.7 Å². The normalized spacial score (nSPS) is 16.3. The van der Waals surface area contributed by atoms with Gasteiger partial charge in [0, 0.05) is 37.7 Å². The molecule has 4 rings (SSSR count).